The van der Waals surface area contributed by atoms with E-state index >= 15 is 0 Å². The fraction of sp³-hybridized carbons (Fsp3) is 0.462. The van der Waals surface area contributed by atoms with E-state index in [0.717, 1.165) is 0 Å². The van der Waals surface area contributed by atoms with Gasteiger partial charge in [-0.15, -0.1) is 0 Å². The van der Waals surface area contributed by atoms with E-state index in [9.17, 15) is 9.90 Å². The van der Waals surface area contributed by atoms with Crippen LogP contribution >= 0.6 is 11.6 Å². The summed E-state index contributed by atoms with van der Waals surface area (Å²) in [6, 6.07) is 4.32. The Morgan fingerprint density at radius 3 is 2.74 bits per heavy atom. The van der Waals surface area contributed by atoms with Crippen LogP contribution in [0.1, 0.15) is 24.5 Å². The Hall–Kier alpha value is -1.30. The van der Waals surface area contributed by atoms with Crippen LogP contribution in [0.3, 0.4) is 0 Å². The SMILES string of the molecule is COC(=O)CCC(N)C(O)c1cc(Cl)ccc1OC. The van der Waals surface area contributed by atoms with Crippen LogP contribution in [0.5, 0.6) is 5.75 Å². The molecule has 0 fully saturated rings. The molecule has 0 bridgehead atoms. The Morgan fingerprint density at radius 2 is 2.16 bits per heavy atom. The van der Waals surface area contributed by atoms with E-state index < -0.39 is 12.1 Å². The lowest BCUT2D eigenvalue weighted by Crippen LogP contribution is -2.29. The van der Waals surface area contributed by atoms with Gasteiger partial charge in [-0.1, -0.05) is 11.6 Å². The van der Waals surface area contributed by atoms with E-state index in [2.05, 4.69) is 4.74 Å². The number of rotatable bonds is 6. The van der Waals surface area contributed by atoms with Gasteiger partial charge in [-0.3, -0.25) is 4.79 Å². The summed E-state index contributed by atoms with van der Waals surface area (Å²) >= 11 is 5.89. The summed E-state index contributed by atoms with van der Waals surface area (Å²) < 4.78 is 9.68. The number of hydrogen-bond acceptors (Lipinski definition) is 5. The van der Waals surface area contributed by atoms with Crippen molar-refractivity contribution in [3.63, 3.8) is 0 Å². The van der Waals surface area contributed by atoms with Gasteiger partial charge in [0.05, 0.1) is 20.3 Å². The van der Waals surface area contributed by atoms with Crippen LogP contribution in [0.4, 0.5) is 0 Å². The standard InChI is InChI=1S/C13H18ClNO4/c1-18-11-5-3-8(14)7-9(11)13(17)10(15)4-6-12(16)19-2/h3,5,7,10,13,17H,4,6,15H2,1-2H3. The molecule has 0 saturated heterocycles. The minimum Gasteiger partial charge on any atom is -0.496 e. The molecule has 1 aromatic rings. The Bertz CT molecular complexity index is 439. The average molecular weight is 288 g/mol. The molecule has 5 nitrogen and oxygen atoms in total. The fourth-order valence-electron chi connectivity index (χ4n) is 1.71. The predicted octanol–water partition coefficient (Wildman–Crippen LogP) is 1.66. The van der Waals surface area contributed by atoms with Crippen molar-refractivity contribution >= 4 is 17.6 Å². The maximum Gasteiger partial charge on any atom is 0.305 e. The zero-order valence-corrected chi connectivity index (χ0v) is 11.7. The molecule has 19 heavy (non-hydrogen) atoms. The highest BCUT2D eigenvalue weighted by Crippen LogP contribution is 2.30. The number of benzene rings is 1. The Kier molecular flexibility index (Phi) is 6.08. The van der Waals surface area contributed by atoms with Gasteiger partial charge in [-0.05, 0) is 24.6 Å². The molecule has 1 aromatic carbocycles. The number of carbonyl (C=O) groups excluding carboxylic acids is 1. The third kappa shape index (κ3) is 4.38. The number of methoxy groups -OCH3 is 2. The summed E-state index contributed by atoms with van der Waals surface area (Å²) in [5.74, 6) is 0.145. The first kappa shape index (κ1) is 15.8. The molecule has 0 aliphatic rings. The second-order valence-electron chi connectivity index (χ2n) is 4.11. The van der Waals surface area contributed by atoms with Gasteiger partial charge in [-0.25, -0.2) is 0 Å². The minimum atomic E-state index is -0.960. The molecule has 106 valence electrons. The molecule has 1 rings (SSSR count). The summed E-state index contributed by atoms with van der Waals surface area (Å²) in [5.41, 5.74) is 6.38. The first-order valence-corrected chi connectivity index (χ1v) is 6.21. The van der Waals surface area contributed by atoms with Crippen molar-refractivity contribution in [2.24, 2.45) is 5.73 Å². The molecule has 2 unspecified atom stereocenters. The Balaban J connectivity index is 2.78. The summed E-state index contributed by atoms with van der Waals surface area (Å²) in [5, 5.41) is 10.7. The quantitative estimate of drug-likeness (QED) is 0.778. The van der Waals surface area contributed by atoms with Gasteiger partial charge in [0.15, 0.2) is 0 Å². The monoisotopic (exact) mass is 287 g/mol. The van der Waals surface area contributed by atoms with Gasteiger partial charge < -0.3 is 20.3 Å². The summed E-state index contributed by atoms with van der Waals surface area (Å²) in [6.07, 6.45) is -0.500. The van der Waals surface area contributed by atoms with Crippen molar-refractivity contribution in [1.29, 1.82) is 0 Å². The van der Waals surface area contributed by atoms with Crippen molar-refractivity contribution in [3.8, 4) is 5.75 Å². The highest BCUT2D eigenvalue weighted by Gasteiger charge is 2.21. The highest BCUT2D eigenvalue weighted by molar-refractivity contribution is 6.30. The van der Waals surface area contributed by atoms with E-state index in [1.807, 2.05) is 0 Å². The van der Waals surface area contributed by atoms with E-state index in [0.29, 0.717) is 22.8 Å². The van der Waals surface area contributed by atoms with Crippen LogP contribution in [0.25, 0.3) is 0 Å². The van der Waals surface area contributed by atoms with Crippen LogP contribution in [0.15, 0.2) is 18.2 Å². The molecule has 3 N–H and O–H groups in total. The van der Waals surface area contributed by atoms with Crippen LogP contribution in [-0.4, -0.2) is 31.3 Å². The van der Waals surface area contributed by atoms with Crippen LogP contribution in [-0.2, 0) is 9.53 Å². The first-order chi connectivity index (χ1) is 8.99. The van der Waals surface area contributed by atoms with Crippen LogP contribution in [0, 0.1) is 0 Å². The van der Waals surface area contributed by atoms with Crippen molar-refractivity contribution in [3.05, 3.63) is 28.8 Å². The normalized spacial score (nSPS) is 13.7. The smallest absolute Gasteiger partial charge is 0.305 e. The zero-order chi connectivity index (χ0) is 14.4. The molecule has 0 spiro atoms. The lowest BCUT2D eigenvalue weighted by molar-refractivity contribution is -0.140. The van der Waals surface area contributed by atoms with Crippen LogP contribution < -0.4 is 10.5 Å². The van der Waals surface area contributed by atoms with Crippen molar-refractivity contribution in [2.45, 2.75) is 25.0 Å². The Morgan fingerprint density at radius 1 is 1.47 bits per heavy atom. The number of hydrogen-bond donors (Lipinski definition) is 2. The number of nitrogens with two attached hydrogens (primary N) is 1. The molecular formula is C13H18ClNO4. The van der Waals surface area contributed by atoms with Crippen molar-refractivity contribution in [2.75, 3.05) is 14.2 Å². The van der Waals surface area contributed by atoms with Crippen molar-refractivity contribution < 1.29 is 19.4 Å². The third-order valence-corrected chi connectivity index (χ3v) is 3.06. The lowest BCUT2D eigenvalue weighted by atomic mass is 9.98. The molecule has 0 aliphatic heterocycles. The Labute approximate surface area is 117 Å². The molecule has 0 aromatic heterocycles. The molecule has 0 heterocycles. The van der Waals surface area contributed by atoms with Crippen LogP contribution in [0.2, 0.25) is 5.02 Å². The largest absolute Gasteiger partial charge is 0.496 e. The van der Waals surface area contributed by atoms with Crippen molar-refractivity contribution in [1.82, 2.24) is 0 Å². The van der Waals surface area contributed by atoms with Gasteiger partial charge >= 0.3 is 5.97 Å². The molecular weight excluding hydrogens is 270 g/mol. The third-order valence-electron chi connectivity index (χ3n) is 2.83. The summed E-state index contributed by atoms with van der Waals surface area (Å²) in [7, 11) is 2.81. The van der Waals surface area contributed by atoms with Gasteiger partial charge in [0.1, 0.15) is 5.75 Å². The minimum absolute atomic E-state index is 0.150. The second kappa shape index (κ2) is 7.33. The number of carbonyl (C=O) groups is 1. The van der Waals surface area contributed by atoms with Gasteiger partial charge in [0.25, 0.3) is 0 Å². The van der Waals surface area contributed by atoms with E-state index in [1.54, 1.807) is 18.2 Å². The second-order valence-corrected chi connectivity index (χ2v) is 4.55. The maximum absolute atomic E-state index is 11.0. The molecule has 6 heteroatoms. The zero-order valence-electron chi connectivity index (χ0n) is 10.9. The number of ether oxygens (including phenoxy) is 2. The molecule has 0 aliphatic carbocycles. The van der Waals surface area contributed by atoms with Gasteiger partial charge in [0, 0.05) is 23.0 Å². The number of esters is 1. The number of aliphatic hydroxyl groups excluding tert-OH is 1. The molecule has 0 saturated carbocycles. The fourth-order valence-corrected chi connectivity index (χ4v) is 1.89. The van der Waals surface area contributed by atoms with E-state index in [4.69, 9.17) is 22.1 Å². The molecule has 2 atom stereocenters. The summed E-state index contributed by atoms with van der Waals surface area (Å²) in [6.45, 7) is 0. The highest BCUT2D eigenvalue weighted by atomic mass is 35.5. The maximum atomic E-state index is 11.0. The average Bonchev–Trinajstić information content (AvgIpc) is 2.43. The number of halogens is 1. The number of aliphatic hydroxyl groups is 1. The topological polar surface area (TPSA) is 81.8 Å². The molecule has 0 radical (unpaired) electrons. The van der Waals surface area contributed by atoms with Gasteiger partial charge in [0.2, 0.25) is 0 Å². The van der Waals surface area contributed by atoms with E-state index in [1.165, 1.54) is 14.2 Å². The summed E-state index contributed by atoms with van der Waals surface area (Å²) in [4.78, 5) is 11.0. The first-order valence-electron chi connectivity index (χ1n) is 5.83. The predicted molar refractivity (Wildman–Crippen MR) is 72.2 cm³/mol. The lowest BCUT2D eigenvalue weighted by Gasteiger charge is -2.21. The van der Waals surface area contributed by atoms with E-state index in [-0.39, 0.29) is 12.4 Å². The van der Waals surface area contributed by atoms with Gasteiger partial charge in [-0.2, -0.15) is 0 Å². The molecule has 0 amide bonds.